The zero-order valence-electron chi connectivity index (χ0n) is 11.1. The molecule has 0 heterocycles. The lowest BCUT2D eigenvalue weighted by Crippen LogP contribution is -2.33. The number of hydrogen-bond donors (Lipinski definition) is 1. The number of hydrogen-bond acceptors (Lipinski definition) is 2. The van der Waals surface area contributed by atoms with Gasteiger partial charge in [-0.05, 0) is 43.7 Å². The van der Waals surface area contributed by atoms with E-state index in [1.54, 1.807) is 0 Å². The van der Waals surface area contributed by atoms with Gasteiger partial charge in [-0.2, -0.15) is 0 Å². The van der Waals surface area contributed by atoms with Crippen LogP contribution in [0.2, 0.25) is 0 Å². The highest BCUT2D eigenvalue weighted by Gasteiger charge is 2.21. The first kappa shape index (κ1) is 12.4. The molecule has 0 amide bonds. The number of nitrogens with zero attached hydrogens (tertiary/aromatic N) is 1. The molecule has 0 aliphatic heterocycles. The second kappa shape index (κ2) is 5.54. The molecule has 1 fully saturated rings. The van der Waals surface area contributed by atoms with E-state index in [9.17, 15) is 0 Å². The lowest BCUT2D eigenvalue weighted by Gasteiger charge is -2.35. The van der Waals surface area contributed by atoms with E-state index in [2.05, 4.69) is 36.9 Å². The van der Waals surface area contributed by atoms with Crippen LogP contribution in [0, 0.1) is 12.8 Å². The van der Waals surface area contributed by atoms with Crippen molar-refractivity contribution in [1.29, 1.82) is 0 Å². The number of aryl methyl sites for hydroxylation is 1. The molecular formula is C15H24N2. The van der Waals surface area contributed by atoms with Crippen molar-refractivity contribution in [1.82, 2.24) is 0 Å². The Bertz CT molecular complexity index is 369. The van der Waals surface area contributed by atoms with E-state index in [4.69, 9.17) is 5.73 Å². The van der Waals surface area contributed by atoms with Crippen LogP contribution in [0.15, 0.2) is 18.2 Å². The first-order valence-electron chi connectivity index (χ1n) is 6.79. The van der Waals surface area contributed by atoms with Gasteiger partial charge < -0.3 is 10.6 Å². The Morgan fingerprint density at radius 1 is 1.35 bits per heavy atom. The summed E-state index contributed by atoms with van der Waals surface area (Å²) in [4.78, 5) is 2.52. The molecule has 0 spiro atoms. The lowest BCUT2D eigenvalue weighted by atomic mass is 9.85. The summed E-state index contributed by atoms with van der Waals surface area (Å²) in [7, 11) is 0. The normalized spacial score (nSPS) is 15.7. The van der Waals surface area contributed by atoms with Gasteiger partial charge in [0.2, 0.25) is 0 Å². The van der Waals surface area contributed by atoms with Gasteiger partial charge in [-0.15, -0.1) is 0 Å². The number of nitrogens with two attached hydrogens (primary N) is 1. The van der Waals surface area contributed by atoms with Crippen LogP contribution < -0.4 is 10.6 Å². The Labute approximate surface area is 105 Å². The van der Waals surface area contributed by atoms with Gasteiger partial charge in [-0.3, -0.25) is 0 Å². The topological polar surface area (TPSA) is 29.3 Å². The summed E-state index contributed by atoms with van der Waals surface area (Å²) in [5, 5.41) is 0. The smallest absolute Gasteiger partial charge is 0.0441 e. The third-order valence-electron chi connectivity index (χ3n) is 3.94. The Balaban J connectivity index is 2.21. The molecule has 2 heteroatoms. The molecule has 0 radical (unpaired) electrons. The van der Waals surface area contributed by atoms with E-state index in [1.165, 1.54) is 42.6 Å². The SMILES string of the molecule is CCN(CC1CCC1)c1c(C)cccc1CN. The Hall–Kier alpha value is -1.02. The van der Waals surface area contributed by atoms with Crippen molar-refractivity contribution in [3.63, 3.8) is 0 Å². The van der Waals surface area contributed by atoms with Crippen LogP contribution in [0.1, 0.15) is 37.3 Å². The summed E-state index contributed by atoms with van der Waals surface area (Å²) >= 11 is 0. The Morgan fingerprint density at radius 2 is 2.12 bits per heavy atom. The lowest BCUT2D eigenvalue weighted by molar-refractivity contribution is 0.318. The van der Waals surface area contributed by atoms with Crippen LogP contribution >= 0.6 is 0 Å². The predicted octanol–water partition coefficient (Wildman–Crippen LogP) is 3.08. The first-order valence-corrected chi connectivity index (χ1v) is 6.79. The minimum Gasteiger partial charge on any atom is -0.371 e. The summed E-state index contributed by atoms with van der Waals surface area (Å²) in [6.45, 7) is 7.35. The van der Waals surface area contributed by atoms with Crippen molar-refractivity contribution in [2.75, 3.05) is 18.0 Å². The molecule has 1 saturated carbocycles. The van der Waals surface area contributed by atoms with Crippen LogP contribution in [0.4, 0.5) is 5.69 Å². The molecular weight excluding hydrogens is 208 g/mol. The second-order valence-corrected chi connectivity index (χ2v) is 5.12. The number of para-hydroxylation sites is 1. The van der Waals surface area contributed by atoms with Crippen molar-refractivity contribution in [3.05, 3.63) is 29.3 Å². The maximum Gasteiger partial charge on any atom is 0.0441 e. The van der Waals surface area contributed by atoms with Crippen molar-refractivity contribution < 1.29 is 0 Å². The van der Waals surface area contributed by atoms with Crippen molar-refractivity contribution in [2.24, 2.45) is 11.7 Å². The summed E-state index contributed by atoms with van der Waals surface area (Å²) in [6, 6.07) is 6.46. The number of benzene rings is 1. The molecule has 1 aromatic rings. The molecule has 0 unspecified atom stereocenters. The van der Waals surface area contributed by atoms with Gasteiger partial charge >= 0.3 is 0 Å². The maximum atomic E-state index is 5.86. The molecule has 17 heavy (non-hydrogen) atoms. The monoisotopic (exact) mass is 232 g/mol. The standard InChI is InChI=1S/C15H24N2/c1-3-17(11-13-7-5-8-13)15-12(2)6-4-9-14(15)10-16/h4,6,9,13H,3,5,7-8,10-11,16H2,1-2H3. The van der Waals surface area contributed by atoms with Gasteiger partial charge in [0.1, 0.15) is 0 Å². The molecule has 2 N–H and O–H groups in total. The largest absolute Gasteiger partial charge is 0.371 e. The summed E-state index contributed by atoms with van der Waals surface area (Å²) in [5.41, 5.74) is 9.88. The zero-order valence-corrected chi connectivity index (χ0v) is 11.1. The van der Waals surface area contributed by atoms with Crippen molar-refractivity contribution >= 4 is 5.69 Å². The van der Waals surface area contributed by atoms with Gasteiger partial charge in [0.05, 0.1) is 0 Å². The van der Waals surface area contributed by atoms with E-state index in [-0.39, 0.29) is 0 Å². The van der Waals surface area contributed by atoms with Gasteiger partial charge in [-0.25, -0.2) is 0 Å². The highest BCUT2D eigenvalue weighted by Crippen LogP contribution is 2.31. The Kier molecular flexibility index (Phi) is 4.06. The van der Waals surface area contributed by atoms with Crippen molar-refractivity contribution in [2.45, 2.75) is 39.7 Å². The Morgan fingerprint density at radius 3 is 2.65 bits per heavy atom. The molecule has 0 atom stereocenters. The summed E-state index contributed by atoms with van der Waals surface area (Å²) < 4.78 is 0. The molecule has 2 nitrogen and oxygen atoms in total. The van der Waals surface area contributed by atoms with Gasteiger partial charge in [0.15, 0.2) is 0 Å². The van der Waals surface area contributed by atoms with Gasteiger partial charge in [0.25, 0.3) is 0 Å². The van der Waals surface area contributed by atoms with E-state index >= 15 is 0 Å². The fraction of sp³-hybridized carbons (Fsp3) is 0.600. The minimum atomic E-state index is 0.637. The molecule has 0 aromatic heterocycles. The third-order valence-corrected chi connectivity index (χ3v) is 3.94. The molecule has 0 saturated heterocycles. The minimum absolute atomic E-state index is 0.637. The number of rotatable bonds is 5. The average molecular weight is 232 g/mol. The van der Waals surface area contributed by atoms with Crippen LogP contribution in [0.3, 0.4) is 0 Å². The van der Waals surface area contributed by atoms with Crippen molar-refractivity contribution in [3.8, 4) is 0 Å². The summed E-state index contributed by atoms with van der Waals surface area (Å²) in [6.07, 6.45) is 4.22. The van der Waals surface area contributed by atoms with E-state index in [0.717, 1.165) is 12.5 Å². The fourth-order valence-corrected chi connectivity index (χ4v) is 2.70. The molecule has 1 aromatic carbocycles. The fourth-order valence-electron chi connectivity index (χ4n) is 2.70. The second-order valence-electron chi connectivity index (χ2n) is 5.12. The van der Waals surface area contributed by atoms with Crippen LogP contribution in [-0.4, -0.2) is 13.1 Å². The van der Waals surface area contributed by atoms with E-state index in [1.807, 2.05) is 0 Å². The molecule has 1 aliphatic carbocycles. The third kappa shape index (κ3) is 2.63. The first-order chi connectivity index (χ1) is 8.26. The molecule has 2 rings (SSSR count). The quantitative estimate of drug-likeness (QED) is 0.845. The van der Waals surface area contributed by atoms with Crippen LogP contribution in [0.25, 0.3) is 0 Å². The number of anilines is 1. The predicted molar refractivity (Wildman–Crippen MR) is 74.3 cm³/mol. The van der Waals surface area contributed by atoms with E-state index in [0.29, 0.717) is 6.54 Å². The average Bonchev–Trinajstić information content (AvgIpc) is 2.29. The van der Waals surface area contributed by atoms with Crippen LogP contribution in [0.5, 0.6) is 0 Å². The highest BCUT2D eigenvalue weighted by atomic mass is 15.1. The van der Waals surface area contributed by atoms with Gasteiger partial charge in [-0.1, -0.05) is 24.6 Å². The molecule has 1 aliphatic rings. The summed E-state index contributed by atoms with van der Waals surface area (Å²) in [5.74, 6) is 0.903. The van der Waals surface area contributed by atoms with Gasteiger partial charge in [0, 0.05) is 25.3 Å². The molecule has 0 bridgehead atoms. The molecule has 94 valence electrons. The highest BCUT2D eigenvalue weighted by molar-refractivity contribution is 5.59. The van der Waals surface area contributed by atoms with Crippen LogP contribution in [-0.2, 0) is 6.54 Å². The van der Waals surface area contributed by atoms with E-state index < -0.39 is 0 Å². The maximum absolute atomic E-state index is 5.86. The zero-order chi connectivity index (χ0) is 12.3.